The Morgan fingerprint density at radius 1 is 1.03 bits per heavy atom. The number of aryl methyl sites for hydroxylation is 1. The van der Waals surface area contributed by atoms with E-state index < -0.39 is 0 Å². The van der Waals surface area contributed by atoms with E-state index in [0.717, 1.165) is 27.5 Å². The molecule has 1 N–H and O–H groups in total. The quantitative estimate of drug-likeness (QED) is 0.226. The second kappa shape index (κ2) is 11.1. The third-order valence-electron chi connectivity index (χ3n) is 5.36. The molecule has 1 amide bonds. The monoisotopic (exact) mass is 531 g/mol. The van der Waals surface area contributed by atoms with Crippen LogP contribution in [0.4, 0.5) is 5.13 Å². The van der Waals surface area contributed by atoms with Crippen molar-refractivity contribution in [3.8, 4) is 17.1 Å². The van der Waals surface area contributed by atoms with Gasteiger partial charge < -0.3 is 5.32 Å². The lowest BCUT2D eigenvalue weighted by molar-refractivity contribution is -0.113. The maximum absolute atomic E-state index is 12.7. The summed E-state index contributed by atoms with van der Waals surface area (Å²) in [7, 11) is 0. The number of halogens is 1. The van der Waals surface area contributed by atoms with Crippen molar-refractivity contribution in [3.63, 3.8) is 0 Å². The molecule has 5 aromatic rings. The first-order valence-corrected chi connectivity index (χ1v) is 13.4. The molecule has 5 rings (SSSR count). The molecule has 0 spiro atoms. The summed E-state index contributed by atoms with van der Waals surface area (Å²) in [5.74, 6) is 0.762. The van der Waals surface area contributed by atoms with Crippen LogP contribution in [0, 0.1) is 6.92 Å². The highest BCUT2D eigenvalue weighted by molar-refractivity contribution is 7.99. The van der Waals surface area contributed by atoms with E-state index in [4.69, 9.17) is 11.6 Å². The predicted octanol–water partition coefficient (Wildman–Crippen LogP) is 6.67. The summed E-state index contributed by atoms with van der Waals surface area (Å²) in [6.07, 6.45) is 2.50. The summed E-state index contributed by atoms with van der Waals surface area (Å²) in [5.41, 5.74) is 4.17. The molecule has 0 saturated carbocycles. The number of aromatic nitrogens is 4. The molecule has 0 fully saturated rings. The zero-order valence-electron chi connectivity index (χ0n) is 19.4. The Morgan fingerprint density at radius 2 is 1.83 bits per heavy atom. The number of nitrogens with zero attached hydrogens (tertiary/aromatic N) is 4. The van der Waals surface area contributed by atoms with E-state index in [9.17, 15) is 4.79 Å². The second-order valence-corrected chi connectivity index (χ2v) is 10.6. The molecule has 2 heterocycles. The largest absolute Gasteiger partial charge is 0.301 e. The molecule has 0 atom stereocenters. The number of benzene rings is 3. The van der Waals surface area contributed by atoms with Crippen molar-refractivity contribution in [3.05, 3.63) is 106 Å². The Morgan fingerprint density at radius 3 is 2.61 bits per heavy atom. The zero-order valence-corrected chi connectivity index (χ0v) is 21.8. The van der Waals surface area contributed by atoms with Crippen molar-refractivity contribution < 1.29 is 4.79 Å². The van der Waals surface area contributed by atoms with Crippen LogP contribution in [0.5, 0.6) is 0 Å². The fourth-order valence-corrected chi connectivity index (χ4v) is 5.47. The van der Waals surface area contributed by atoms with Crippen LogP contribution in [-0.2, 0) is 11.2 Å². The van der Waals surface area contributed by atoms with Crippen LogP contribution in [0.1, 0.15) is 16.0 Å². The molecule has 0 saturated heterocycles. The van der Waals surface area contributed by atoms with Crippen LogP contribution in [0.3, 0.4) is 0 Å². The summed E-state index contributed by atoms with van der Waals surface area (Å²) in [6, 6.07) is 25.8. The Hall–Kier alpha value is -3.46. The number of carbonyl (C=O) groups excluding carboxylic acids is 1. The first-order chi connectivity index (χ1) is 17.5. The molecule has 9 heteroatoms. The van der Waals surface area contributed by atoms with Crippen LogP contribution in [0.2, 0.25) is 5.02 Å². The van der Waals surface area contributed by atoms with Crippen LogP contribution in [-0.4, -0.2) is 31.4 Å². The minimum Gasteiger partial charge on any atom is -0.301 e. The molecule has 36 heavy (non-hydrogen) atoms. The SMILES string of the molecule is Cc1ccc(-n2c(SCC(=O)Nc3ncc(Cc4cccc(Cl)c4)s3)nnc2-c2ccccc2)cc1. The van der Waals surface area contributed by atoms with Gasteiger partial charge in [0.1, 0.15) is 0 Å². The average molecular weight is 532 g/mol. The average Bonchev–Trinajstić information content (AvgIpc) is 3.50. The normalized spacial score (nSPS) is 10.9. The predicted molar refractivity (Wildman–Crippen MR) is 147 cm³/mol. The van der Waals surface area contributed by atoms with Crippen molar-refractivity contribution in [1.82, 2.24) is 19.7 Å². The third kappa shape index (κ3) is 5.84. The van der Waals surface area contributed by atoms with Crippen LogP contribution in [0.15, 0.2) is 90.2 Å². The van der Waals surface area contributed by atoms with Gasteiger partial charge in [0.2, 0.25) is 5.91 Å². The van der Waals surface area contributed by atoms with Crippen molar-refractivity contribution in [2.24, 2.45) is 0 Å². The molecule has 0 aliphatic carbocycles. The molecule has 3 aromatic carbocycles. The third-order valence-corrected chi connectivity index (χ3v) is 7.43. The molecule has 2 aromatic heterocycles. The molecule has 6 nitrogen and oxygen atoms in total. The van der Waals surface area contributed by atoms with Gasteiger partial charge in [0.25, 0.3) is 0 Å². The van der Waals surface area contributed by atoms with E-state index in [1.54, 1.807) is 6.20 Å². The summed E-state index contributed by atoms with van der Waals surface area (Å²) in [6.45, 7) is 2.05. The van der Waals surface area contributed by atoms with Gasteiger partial charge >= 0.3 is 0 Å². The van der Waals surface area contributed by atoms with Crippen LogP contribution < -0.4 is 5.32 Å². The first-order valence-electron chi connectivity index (χ1n) is 11.2. The van der Waals surface area contributed by atoms with E-state index in [0.29, 0.717) is 21.7 Å². The van der Waals surface area contributed by atoms with Crippen molar-refractivity contribution in [1.29, 1.82) is 0 Å². The van der Waals surface area contributed by atoms with Gasteiger partial charge in [-0.2, -0.15) is 0 Å². The fraction of sp³-hybridized carbons (Fsp3) is 0.111. The molecule has 0 bridgehead atoms. The summed E-state index contributed by atoms with van der Waals surface area (Å²) in [5, 5.41) is 13.7. The topological polar surface area (TPSA) is 72.7 Å². The Labute approximate surface area is 222 Å². The van der Waals surface area contributed by atoms with E-state index >= 15 is 0 Å². The number of hydrogen-bond donors (Lipinski definition) is 1. The Bertz CT molecular complexity index is 1480. The smallest absolute Gasteiger partial charge is 0.236 e. The standard InChI is InChI=1S/C27H22ClN5OS2/c1-18-10-12-22(13-11-18)33-25(20-7-3-2-4-8-20)31-32-27(33)35-17-24(34)30-26-29-16-23(36-26)15-19-6-5-9-21(28)14-19/h2-14,16H,15,17H2,1H3,(H,29,30,34). The maximum Gasteiger partial charge on any atom is 0.236 e. The van der Waals surface area contributed by atoms with Gasteiger partial charge in [-0.05, 0) is 36.8 Å². The second-order valence-electron chi connectivity index (χ2n) is 8.12. The van der Waals surface area contributed by atoms with E-state index in [2.05, 4.69) is 32.6 Å². The van der Waals surface area contributed by atoms with Gasteiger partial charge in [-0.25, -0.2) is 4.98 Å². The highest BCUT2D eigenvalue weighted by Gasteiger charge is 2.17. The molecule has 180 valence electrons. The van der Waals surface area contributed by atoms with Gasteiger partial charge in [-0.3, -0.25) is 9.36 Å². The van der Waals surface area contributed by atoms with Gasteiger partial charge in [0.15, 0.2) is 16.1 Å². The number of anilines is 1. The lowest BCUT2D eigenvalue weighted by Crippen LogP contribution is -2.14. The van der Waals surface area contributed by atoms with Crippen LogP contribution >= 0.6 is 34.7 Å². The Kier molecular flexibility index (Phi) is 7.46. The van der Waals surface area contributed by atoms with E-state index in [1.807, 2.05) is 78.2 Å². The molecular weight excluding hydrogens is 510 g/mol. The number of carbonyl (C=O) groups is 1. The van der Waals surface area contributed by atoms with Crippen molar-refractivity contribution >= 4 is 45.7 Å². The number of nitrogens with one attached hydrogen (secondary N) is 1. The lowest BCUT2D eigenvalue weighted by Gasteiger charge is -2.10. The summed E-state index contributed by atoms with van der Waals surface area (Å²) in [4.78, 5) is 18.1. The van der Waals surface area contributed by atoms with Gasteiger partial charge in [0.05, 0.1) is 5.75 Å². The summed E-state index contributed by atoms with van der Waals surface area (Å²) >= 11 is 8.88. The Balaban J connectivity index is 1.28. The molecule has 0 radical (unpaired) electrons. The molecule has 0 aliphatic rings. The fourth-order valence-electron chi connectivity index (χ4n) is 3.64. The van der Waals surface area contributed by atoms with Crippen molar-refractivity contribution in [2.45, 2.75) is 18.5 Å². The number of amides is 1. The van der Waals surface area contributed by atoms with Crippen LogP contribution in [0.25, 0.3) is 17.1 Å². The summed E-state index contributed by atoms with van der Waals surface area (Å²) < 4.78 is 1.99. The molecule has 0 aliphatic heterocycles. The number of rotatable bonds is 8. The zero-order chi connectivity index (χ0) is 24.9. The lowest BCUT2D eigenvalue weighted by atomic mass is 10.1. The number of hydrogen-bond acceptors (Lipinski definition) is 6. The highest BCUT2D eigenvalue weighted by atomic mass is 35.5. The van der Waals surface area contributed by atoms with E-state index in [1.165, 1.54) is 28.7 Å². The van der Waals surface area contributed by atoms with Gasteiger partial charge in [-0.15, -0.1) is 21.5 Å². The van der Waals surface area contributed by atoms with Crippen molar-refractivity contribution in [2.75, 3.05) is 11.1 Å². The molecule has 0 unspecified atom stereocenters. The maximum atomic E-state index is 12.7. The number of thiazole rings is 1. The first kappa shape index (κ1) is 24.2. The van der Waals surface area contributed by atoms with Gasteiger partial charge in [-0.1, -0.05) is 83.5 Å². The molecular formula is C27H22ClN5OS2. The number of thioether (sulfide) groups is 1. The van der Waals surface area contributed by atoms with E-state index in [-0.39, 0.29) is 11.7 Å². The minimum absolute atomic E-state index is 0.150. The minimum atomic E-state index is -0.150. The van der Waals surface area contributed by atoms with Gasteiger partial charge in [0, 0.05) is 33.8 Å². The highest BCUT2D eigenvalue weighted by Crippen LogP contribution is 2.29.